The molecule has 2 atom stereocenters. The SMILES string of the molecule is COc1ccc(Cl)cc1CC(CC1CCCCO1)NN. The summed E-state index contributed by atoms with van der Waals surface area (Å²) in [4.78, 5) is 0. The zero-order valence-electron chi connectivity index (χ0n) is 11.9. The average Bonchev–Trinajstić information content (AvgIpc) is 2.48. The van der Waals surface area contributed by atoms with Crippen LogP contribution in [0.4, 0.5) is 0 Å². The van der Waals surface area contributed by atoms with Crippen LogP contribution in [0.2, 0.25) is 5.02 Å². The molecule has 3 N–H and O–H groups in total. The summed E-state index contributed by atoms with van der Waals surface area (Å²) in [5.74, 6) is 6.53. The van der Waals surface area contributed by atoms with Gasteiger partial charge in [-0.15, -0.1) is 0 Å². The lowest BCUT2D eigenvalue weighted by molar-refractivity contribution is 0.00521. The Morgan fingerprint density at radius 2 is 2.35 bits per heavy atom. The molecule has 1 fully saturated rings. The summed E-state index contributed by atoms with van der Waals surface area (Å²) in [6.45, 7) is 0.864. The molecule has 1 aliphatic heterocycles. The van der Waals surface area contributed by atoms with Crippen molar-refractivity contribution in [1.82, 2.24) is 5.43 Å². The second-order valence-electron chi connectivity index (χ2n) is 5.25. The van der Waals surface area contributed by atoms with Crippen LogP contribution in [0, 0.1) is 0 Å². The zero-order valence-corrected chi connectivity index (χ0v) is 12.7. The standard InChI is InChI=1S/C15H23ClN2O2/c1-19-15-6-5-12(16)8-11(15)9-13(18-17)10-14-4-2-3-7-20-14/h5-6,8,13-14,18H,2-4,7,9-10,17H2,1H3. The highest BCUT2D eigenvalue weighted by atomic mass is 35.5. The molecular formula is C15H23ClN2O2. The van der Waals surface area contributed by atoms with E-state index in [-0.39, 0.29) is 6.04 Å². The molecule has 1 aromatic rings. The third-order valence-electron chi connectivity index (χ3n) is 3.77. The largest absolute Gasteiger partial charge is 0.496 e. The van der Waals surface area contributed by atoms with E-state index < -0.39 is 0 Å². The smallest absolute Gasteiger partial charge is 0.122 e. The molecule has 2 rings (SSSR count). The van der Waals surface area contributed by atoms with Gasteiger partial charge >= 0.3 is 0 Å². The molecule has 1 aliphatic rings. The van der Waals surface area contributed by atoms with Crippen molar-refractivity contribution >= 4 is 11.6 Å². The summed E-state index contributed by atoms with van der Waals surface area (Å²) in [5, 5.41) is 0.713. The third-order valence-corrected chi connectivity index (χ3v) is 4.00. The number of rotatable bonds is 6. The molecule has 0 radical (unpaired) electrons. The number of hydrogen-bond acceptors (Lipinski definition) is 4. The lowest BCUT2D eigenvalue weighted by Crippen LogP contribution is -2.40. The number of halogens is 1. The molecule has 0 spiro atoms. The van der Waals surface area contributed by atoms with E-state index in [1.807, 2.05) is 18.2 Å². The monoisotopic (exact) mass is 298 g/mol. The molecule has 0 saturated carbocycles. The van der Waals surface area contributed by atoms with Crippen LogP contribution in [0.5, 0.6) is 5.75 Å². The first-order valence-corrected chi connectivity index (χ1v) is 7.51. The number of benzene rings is 1. The Kier molecular flexibility index (Phi) is 6.10. The first kappa shape index (κ1) is 15.6. The quantitative estimate of drug-likeness (QED) is 0.626. The zero-order chi connectivity index (χ0) is 14.4. The third kappa shape index (κ3) is 4.35. The van der Waals surface area contributed by atoms with Gasteiger partial charge in [0, 0.05) is 17.7 Å². The predicted molar refractivity (Wildman–Crippen MR) is 81.0 cm³/mol. The molecule has 1 saturated heterocycles. The molecule has 0 aliphatic carbocycles. The van der Waals surface area contributed by atoms with Gasteiger partial charge in [-0.1, -0.05) is 11.6 Å². The number of ether oxygens (including phenoxy) is 2. The number of nitrogens with one attached hydrogen (secondary N) is 1. The van der Waals surface area contributed by atoms with Crippen molar-refractivity contribution in [2.75, 3.05) is 13.7 Å². The maximum atomic E-state index is 6.06. The highest BCUT2D eigenvalue weighted by molar-refractivity contribution is 6.30. The van der Waals surface area contributed by atoms with Gasteiger partial charge < -0.3 is 9.47 Å². The Labute approximate surface area is 125 Å². The molecule has 20 heavy (non-hydrogen) atoms. The van der Waals surface area contributed by atoms with Crippen molar-refractivity contribution < 1.29 is 9.47 Å². The molecule has 5 heteroatoms. The number of methoxy groups -OCH3 is 1. The van der Waals surface area contributed by atoms with Gasteiger partial charge in [0.05, 0.1) is 13.2 Å². The molecule has 1 aromatic carbocycles. The van der Waals surface area contributed by atoms with Crippen LogP contribution in [0.15, 0.2) is 18.2 Å². The van der Waals surface area contributed by atoms with Gasteiger partial charge in [0.25, 0.3) is 0 Å². The molecule has 2 unspecified atom stereocenters. The Bertz CT molecular complexity index is 422. The second kappa shape index (κ2) is 7.84. The number of hydrogen-bond donors (Lipinski definition) is 2. The molecule has 1 heterocycles. The minimum Gasteiger partial charge on any atom is -0.496 e. The van der Waals surface area contributed by atoms with Gasteiger partial charge in [0.1, 0.15) is 5.75 Å². The predicted octanol–water partition coefficient (Wildman–Crippen LogP) is 2.68. The van der Waals surface area contributed by atoms with Crippen LogP contribution in [-0.2, 0) is 11.2 Å². The van der Waals surface area contributed by atoms with Crippen molar-refractivity contribution in [3.63, 3.8) is 0 Å². The van der Waals surface area contributed by atoms with Gasteiger partial charge in [-0.05, 0) is 55.9 Å². The average molecular weight is 299 g/mol. The maximum absolute atomic E-state index is 6.06. The van der Waals surface area contributed by atoms with Crippen molar-refractivity contribution in [3.8, 4) is 5.75 Å². The van der Waals surface area contributed by atoms with Crippen molar-refractivity contribution in [1.29, 1.82) is 0 Å². The first-order chi connectivity index (χ1) is 9.72. The molecular weight excluding hydrogens is 276 g/mol. The summed E-state index contributed by atoms with van der Waals surface area (Å²) < 4.78 is 11.2. The van der Waals surface area contributed by atoms with E-state index in [4.69, 9.17) is 26.9 Å². The normalized spacial score (nSPS) is 20.6. The summed E-state index contributed by atoms with van der Waals surface area (Å²) in [7, 11) is 1.67. The highest BCUT2D eigenvalue weighted by Crippen LogP contribution is 2.25. The van der Waals surface area contributed by atoms with Crippen LogP contribution in [-0.4, -0.2) is 25.9 Å². The van der Waals surface area contributed by atoms with Gasteiger partial charge in [-0.2, -0.15) is 0 Å². The van der Waals surface area contributed by atoms with Crippen molar-refractivity contribution in [2.24, 2.45) is 5.84 Å². The van der Waals surface area contributed by atoms with Crippen LogP contribution >= 0.6 is 11.6 Å². The molecule has 112 valence electrons. The van der Waals surface area contributed by atoms with Gasteiger partial charge in [0.2, 0.25) is 0 Å². The summed E-state index contributed by atoms with van der Waals surface area (Å²) >= 11 is 6.06. The Morgan fingerprint density at radius 1 is 1.50 bits per heavy atom. The lowest BCUT2D eigenvalue weighted by Gasteiger charge is -2.27. The highest BCUT2D eigenvalue weighted by Gasteiger charge is 2.20. The van der Waals surface area contributed by atoms with Crippen molar-refractivity contribution in [2.45, 2.75) is 44.2 Å². The molecule has 0 bridgehead atoms. The Balaban J connectivity index is 1.99. The van der Waals surface area contributed by atoms with Crippen LogP contribution in [0.1, 0.15) is 31.2 Å². The minimum absolute atomic E-state index is 0.158. The fourth-order valence-corrected chi connectivity index (χ4v) is 2.89. The first-order valence-electron chi connectivity index (χ1n) is 7.13. The second-order valence-corrected chi connectivity index (χ2v) is 5.68. The van der Waals surface area contributed by atoms with E-state index in [0.29, 0.717) is 11.1 Å². The van der Waals surface area contributed by atoms with E-state index in [1.54, 1.807) is 7.11 Å². The Hall–Kier alpha value is -0.810. The topological polar surface area (TPSA) is 56.5 Å². The number of hydrazine groups is 1. The van der Waals surface area contributed by atoms with Gasteiger partial charge in [0.15, 0.2) is 0 Å². The number of nitrogens with two attached hydrogens (primary N) is 1. The van der Waals surface area contributed by atoms with Crippen molar-refractivity contribution in [3.05, 3.63) is 28.8 Å². The van der Waals surface area contributed by atoms with Crippen LogP contribution < -0.4 is 16.0 Å². The summed E-state index contributed by atoms with van der Waals surface area (Å²) in [6.07, 6.45) is 5.51. The lowest BCUT2D eigenvalue weighted by atomic mass is 9.97. The molecule has 4 nitrogen and oxygen atoms in total. The van der Waals surface area contributed by atoms with Crippen LogP contribution in [0.3, 0.4) is 0 Å². The van der Waals surface area contributed by atoms with E-state index in [0.717, 1.165) is 37.2 Å². The molecule has 0 amide bonds. The van der Waals surface area contributed by atoms with Gasteiger partial charge in [-0.3, -0.25) is 11.3 Å². The Morgan fingerprint density at radius 3 is 3.00 bits per heavy atom. The van der Waals surface area contributed by atoms with E-state index in [1.165, 1.54) is 12.8 Å². The maximum Gasteiger partial charge on any atom is 0.122 e. The van der Waals surface area contributed by atoms with Crippen LogP contribution in [0.25, 0.3) is 0 Å². The van der Waals surface area contributed by atoms with E-state index in [9.17, 15) is 0 Å². The fourth-order valence-electron chi connectivity index (χ4n) is 2.69. The summed E-state index contributed by atoms with van der Waals surface area (Å²) in [5.41, 5.74) is 3.96. The van der Waals surface area contributed by atoms with E-state index >= 15 is 0 Å². The van der Waals surface area contributed by atoms with Gasteiger partial charge in [-0.25, -0.2) is 0 Å². The fraction of sp³-hybridized carbons (Fsp3) is 0.600. The van der Waals surface area contributed by atoms with E-state index in [2.05, 4.69) is 5.43 Å². The summed E-state index contributed by atoms with van der Waals surface area (Å²) in [6, 6.07) is 5.82. The molecule has 0 aromatic heterocycles. The minimum atomic E-state index is 0.158.